The molecule has 34 atom stereocenters. The predicted molar refractivity (Wildman–Crippen MR) is 300 cm³/mol. The van der Waals surface area contributed by atoms with Gasteiger partial charge in [0, 0.05) is 23.2 Å². The average Bonchev–Trinajstić information content (AvgIpc) is 1.28. The van der Waals surface area contributed by atoms with Crippen LogP contribution in [0.3, 0.4) is 0 Å². The highest BCUT2D eigenvalue weighted by atomic mass is 16.8. The third-order valence-electron chi connectivity index (χ3n) is 22.4. The molecule has 90 heavy (non-hydrogen) atoms. The molecule has 0 aromatic heterocycles. The van der Waals surface area contributed by atoms with Crippen molar-refractivity contribution in [3.8, 4) is 0 Å². The molecule has 30 nitrogen and oxygen atoms in total. The Balaban J connectivity index is 0.897. The molecular formula is C60H98O30. The summed E-state index contributed by atoms with van der Waals surface area (Å²) < 4.78 is 59.0. The molecule has 18 N–H and O–H groups in total. The molecule has 0 aromatic carbocycles. The number of fused-ring (bicyclic) bond motifs is 5. The number of carbonyl (C=O) groups excluding carboxylic acids is 2. The van der Waals surface area contributed by atoms with Crippen LogP contribution in [-0.2, 0) is 57.0 Å². The lowest BCUT2D eigenvalue weighted by molar-refractivity contribution is -0.380. The summed E-state index contributed by atoms with van der Waals surface area (Å²) in [6.45, 7) is 11.1. The van der Waals surface area contributed by atoms with Crippen LogP contribution in [0.15, 0.2) is 11.6 Å². The zero-order valence-electron chi connectivity index (χ0n) is 51.9. The quantitative estimate of drug-likeness (QED) is 0.0539. The van der Waals surface area contributed by atoms with Gasteiger partial charge in [-0.15, -0.1) is 0 Å². The number of carbonyl (C=O) groups is 2. The molecule has 0 aromatic rings. The number of ketones is 2. The molecule has 5 saturated heterocycles. The molecule has 0 radical (unpaired) electrons. The number of Topliss-reactive ketones (excluding diaryl/α,β-unsaturated/α-hetero) is 1. The maximum atomic E-state index is 15.4. The summed E-state index contributed by atoms with van der Waals surface area (Å²) >= 11 is 0. The van der Waals surface area contributed by atoms with Gasteiger partial charge in [0.05, 0.1) is 50.8 Å². The lowest BCUT2D eigenvalue weighted by Gasteiger charge is -2.64. The number of ether oxygens (including phenoxy) is 10. The first kappa shape index (κ1) is 72.2. The molecule has 4 aliphatic carbocycles. The standard InChI is InChI=1S/C60H98O30/c1-22(9-11-34(57(4,5)80)89-55-49(90-54-48(79)42(73)37(68)29(19-63)85-54)44(75)39(70)31(87-55)21-82-52-46(77)41(72)36(67)28(18-62)84-52)23-13-14-58(6)50-26(64)15-25-24(60(50,8)32(65)16-59(23,58)7)10-12-33(56(25,2)3)88-53-47(78)43(74)38(69)30(86-53)20-81-51-45(76)40(71)35(66)27(17-61)83-51/h15,22-24,27-31,33-55,61-63,66-80H,9-14,16-21H2,1-8H3/t22-,23-,24?,27-,28-,29-,30-,31-,33+,34-,35-,36-,37-,38-,39-,40+,41+,42+,43+,44+,45-,46-,47-,48-,49-,50+,51-,52-,53+,54+,55+,58+,59-,60-/m1/s1. The molecule has 5 aliphatic heterocycles. The van der Waals surface area contributed by atoms with Crippen molar-refractivity contribution in [3.63, 3.8) is 0 Å². The minimum atomic E-state index is -2.00. The van der Waals surface area contributed by atoms with Crippen LogP contribution in [0.25, 0.3) is 0 Å². The summed E-state index contributed by atoms with van der Waals surface area (Å²) in [6, 6.07) is 0. The van der Waals surface area contributed by atoms with E-state index < -0.39 is 238 Å². The number of hydrogen-bond donors (Lipinski definition) is 18. The Morgan fingerprint density at radius 3 is 1.46 bits per heavy atom. The summed E-state index contributed by atoms with van der Waals surface area (Å²) in [4.78, 5) is 30.5. The molecule has 518 valence electrons. The molecule has 1 unspecified atom stereocenters. The van der Waals surface area contributed by atoms with Gasteiger partial charge in [-0.05, 0) is 87.0 Å². The molecule has 0 bridgehead atoms. The molecule has 30 heteroatoms. The summed E-state index contributed by atoms with van der Waals surface area (Å²) in [5, 5.41) is 192. The van der Waals surface area contributed by atoms with Crippen LogP contribution in [0.2, 0.25) is 0 Å². The summed E-state index contributed by atoms with van der Waals surface area (Å²) in [5.74, 6) is -1.82. The average molecular weight is 1300 g/mol. The third kappa shape index (κ3) is 12.8. The Bertz CT molecular complexity index is 2480. The second-order valence-corrected chi connectivity index (χ2v) is 28.5. The number of allylic oxidation sites excluding steroid dienone is 1. The maximum absolute atomic E-state index is 15.4. The second-order valence-electron chi connectivity index (χ2n) is 28.5. The zero-order valence-corrected chi connectivity index (χ0v) is 51.9. The molecule has 3 saturated carbocycles. The fourth-order valence-corrected chi connectivity index (χ4v) is 16.5. The summed E-state index contributed by atoms with van der Waals surface area (Å²) in [5.41, 5.74) is -4.60. The number of aliphatic hydroxyl groups is 18. The van der Waals surface area contributed by atoms with Gasteiger partial charge in [0.2, 0.25) is 0 Å². The van der Waals surface area contributed by atoms with E-state index in [1.54, 1.807) is 6.08 Å². The molecule has 9 rings (SSSR count). The van der Waals surface area contributed by atoms with Gasteiger partial charge >= 0.3 is 0 Å². The highest BCUT2D eigenvalue weighted by molar-refractivity contribution is 6.02. The van der Waals surface area contributed by atoms with Gasteiger partial charge < -0.3 is 139 Å². The van der Waals surface area contributed by atoms with E-state index in [-0.39, 0.29) is 36.2 Å². The Hall–Kier alpha value is -2.04. The van der Waals surface area contributed by atoms with Crippen molar-refractivity contribution < 1.29 is 149 Å². The smallest absolute Gasteiger partial charge is 0.187 e. The van der Waals surface area contributed by atoms with Crippen LogP contribution < -0.4 is 0 Å². The van der Waals surface area contributed by atoms with Crippen LogP contribution in [0.1, 0.15) is 100 Å². The van der Waals surface area contributed by atoms with Gasteiger partial charge in [-0.25, -0.2) is 0 Å². The molecular weight excluding hydrogens is 1200 g/mol. The molecule has 8 fully saturated rings. The first-order valence-corrected chi connectivity index (χ1v) is 31.4. The summed E-state index contributed by atoms with van der Waals surface area (Å²) in [7, 11) is 0. The van der Waals surface area contributed by atoms with E-state index in [0.717, 1.165) is 0 Å². The Morgan fingerprint density at radius 1 is 0.533 bits per heavy atom. The van der Waals surface area contributed by atoms with Crippen molar-refractivity contribution in [1.82, 2.24) is 0 Å². The van der Waals surface area contributed by atoms with Crippen LogP contribution in [0, 0.1) is 45.3 Å². The van der Waals surface area contributed by atoms with Crippen molar-refractivity contribution in [2.45, 2.75) is 272 Å². The minimum Gasteiger partial charge on any atom is -0.394 e. The summed E-state index contributed by atoms with van der Waals surface area (Å²) in [6.07, 6.45) is -40.6. The second kappa shape index (κ2) is 27.5. The lowest BCUT2D eigenvalue weighted by atomic mass is 9.38. The molecule has 9 aliphatic rings. The van der Waals surface area contributed by atoms with E-state index in [4.69, 9.17) is 47.4 Å². The molecule has 0 amide bonds. The van der Waals surface area contributed by atoms with Crippen LogP contribution in [-0.4, -0.2) is 308 Å². The van der Waals surface area contributed by atoms with Crippen LogP contribution >= 0.6 is 0 Å². The fraction of sp³-hybridized carbons (Fsp3) is 0.933. The van der Waals surface area contributed by atoms with Gasteiger partial charge in [0.1, 0.15) is 128 Å². The molecule has 0 spiro atoms. The van der Waals surface area contributed by atoms with E-state index in [1.165, 1.54) is 13.8 Å². The van der Waals surface area contributed by atoms with Gasteiger partial charge in [0.15, 0.2) is 37.2 Å². The van der Waals surface area contributed by atoms with Gasteiger partial charge in [-0.3, -0.25) is 9.59 Å². The van der Waals surface area contributed by atoms with Gasteiger partial charge in [-0.2, -0.15) is 0 Å². The third-order valence-corrected chi connectivity index (χ3v) is 22.4. The highest BCUT2D eigenvalue weighted by Gasteiger charge is 2.73. The highest BCUT2D eigenvalue weighted by Crippen LogP contribution is 2.73. The monoisotopic (exact) mass is 1300 g/mol. The normalized spacial score (nSPS) is 50.6. The van der Waals surface area contributed by atoms with Crippen LogP contribution in [0.5, 0.6) is 0 Å². The topological polar surface area (TPSA) is 491 Å². The number of rotatable bonds is 20. The zero-order chi connectivity index (χ0) is 66.4. The maximum Gasteiger partial charge on any atom is 0.187 e. The van der Waals surface area contributed by atoms with E-state index in [2.05, 4.69) is 13.8 Å². The van der Waals surface area contributed by atoms with E-state index in [0.29, 0.717) is 37.7 Å². The number of hydrogen-bond acceptors (Lipinski definition) is 30. The Kier molecular flexibility index (Phi) is 22.0. The Morgan fingerprint density at radius 2 is 0.967 bits per heavy atom. The van der Waals surface area contributed by atoms with Gasteiger partial charge in [0.25, 0.3) is 0 Å². The fourth-order valence-electron chi connectivity index (χ4n) is 16.5. The van der Waals surface area contributed by atoms with E-state index in [9.17, 15) is 91.9 Å². The van der Waals surface area contributed by atoms with Crippen molar-refractivity contribution >= 4 is 11.6 Å². The van der Waals surface area contributed by atoms with E-state index in [1.807, 2.05) is 27.7 Å². The van der Waals surface area contributed by atoms with E-state index >= 15 is 9.59 Å². The van der Waals surface area contributed by atoms with Crippen molar-refractivity contribution in [3.05, 3.63) is 11.6 Å². The lowest BCUT2D eigenvalue weighted by Crippen LogP contribution is -2.66. The predicted octanol–water partition coefficient (Wildman–Crippen LogP) is -6.02. The van der Waals surface area contributed by atoms with Crippen LogP contribution in [0.4, 0.5) is 0 Å². The largest absolute Gasteiger partial charge is 0.394 e. The SMILES string of the molecule is C[C@H](CC[C@@H](O[C@@H]1O[C@H](CO[C@@H]2O[C@H](CO)[C@@H](O)[C@H](O)[C@H]2O)[C@@H](O)[C@H](O)[C@H]1O[C@@H]1O[C@H](CO)[C@@H](O)[C@H](O)[C@H]1O)C(C)(C)O)[C@H]1CC[C@@]2(C)[C@@H]3C(=O)C=C4C(CC[C@H](O[C@@H]5O[C@H](CO[C@@H]6O[C@H](CO)[C@@H](O)[C@H](O)[C@H]6O)[C@@H](O)[C@H](O)[C@H]5O)C4(C)C)[C@]3(C)C(=O)C[C@]12C. The molecule has 5 heterocycles. The van der Waals surface area contributed by atoms with Crippen molar-refractivity contribution in [1.29, 1.82) is 0 Å². The first-order chi connectivity index (χ1) is 42.0. The first-order valence-electron chi connectivity index (χ1n) is 31.4. The van der Waals surface area contributed by atoms with Gasteiger partial charge in [-0.1, -0.05) is 47.1 Å². The Labute approximate surface area is 520 Å². The van der Waals surface area contributed by atoms with Crippen molar-refractivity contribution in [2.24, 2.45) is 45.3 Å². The number of aliphatic hydroxyl groups excluding tert-OH is 17. The minimum absolute atomic E-state index is 0.0838. The van der Waals surface area contributed by atoms with Crippen molar-refractivity contribution in [2.75, 3.05) is 33.0 Å².